The van der Waals surface area contributed by atoms with Gasteiger partial charge in [-0.05, 0) is 38.3 Å². The van der Waals surface area contributed by atoms with Crippen LogP contribution in [0.25, 0.3) is 0 Å². The average Bonchev–Trinajstić information content (AvgIpc) is 2.66. The van der Waals surface area contributed by atoms with Crippen molar-refractivity contribution in [1.82, 2.24) is 10.0 Å². The topological polar surface area (TPSA) is 58.2 Å². The molecule has 0 radical (unpaired) electrons. The second-order valence-electron chi connectivity index (χ2n) is 4.02. The largest absolute Gasteiger partial charge is 0.316 e. The van der Waals surface area contributed by atoms with Gasteiger partial charge in [-0.1, -0.05) is 0 Å². The zero-order chi connectivity index (χ0) is 9.31. The summed E-state index contributed by atoms with van der Waals surface area (Å²) in [5, 5.41) is 3.14. The molecule has 0 amide bonds. The maximum atomic E-state index is 11.4. The third-order valence-corrected chi connectivity index (χ3v) is 4.05. The summed E-state index contributed by atoms with van der Waals surface area (Å²) in [4.78, 5) is 0. The van der Waals surface area contributed by atoms with Crippen molar-refractivity contribution >= 4 is 10.0 Å². The van der Waals surface area contributed by atoms with Crippen molar-refractivity contribution in [3.05, 3.63) is 0 Å². The fourth-order valence-electron chi connectivity index (χ4n) is 1.39. The van der Waals surface area contributed by atoms with Crippen molar-refractivity contribution < 1.29 is 8.42 Å². The first-order valence-corrected chi connectivity index (χ1v) is 6.52. The maximum Gasteiger partial charge on any atom is 0.211 e. The summed E-state index contributed by atoms with van der Waals surface area (Å²) in [6, 6.07) is 0.254. The van der Waals surface area contributed by atoms with Crippen molar-refractivity contribution in [1.29, 1.82) is 0 Å². The molecule has 1 aliphatic carbocycles. The molecule has 0 atom stereocenters. The van der Waals surface area contributed by atoms with Gasteiger partial charge in [-0.25, -0.2) is 13.1 Å². The van der Waals surface area contributed by atoms with E-state index < -0.39 is 10.0 Å². The highest BCUT2D eigenvalue weighted by atomic mass is 32.2. The molecule has 1 saturated carbocycles. The van der Waals surface area contributed by atoms with E-state index >= 15 is 0 Å². The molecule has 0 aromatic carbocycles. The van der Waals surface area contributed by atoms with E-state index in [-0.39, 0.29) is 6.04 Å². The minimum Gasteiger partial charge on any atom is -0.316 e. The predicted molar refractivity (Wildman–Crippen MR) is 50.9 cm³/mol. The molecule has 0 spiro atoms. The summed E-state index contributed by atoms with van der Waals surface area (Å²) in [5.41, 5.74) is 0. The van der Waals surface area contributed by atoms with Gasteiger partial charge in [-0.2, -0.15) is 0 Å². The maximum absolute atomic E-state index is 11.4. The Kier molecular flexibility index (Phi) is 2.58. The van der Waals surface area contributed by atoms with Crippen molar-refractivity contribution in [2.45, 2.75) is 25.3 Å². The van der Waals surface area contributed by atoms with Gasteiger partial charge in [0, 0.05) is 6.04 Å². The van der Waals surface area contributed by atoms with Crippen molar-refractivity contribution in [2.24, 2.45) is 5.92 Å². The van der Waals surface area contributed by atoms with Crippen LogP contribution in [0.2, 0.25) is 0 Å². The van der Waals surface area contributed by atoms with Crippen LogP contribution in [0.3, 0.4) is 0 Å². The van der Waals surface area contributed by atoms with Gasteiger partial charge in [0.2, 0.25) is 10.0 Å². The summed E-state index contributed by atoms with van der Waals surface area (Å²) >= 11 is 0. The third kappa shape index (κ3) is 2.93. The molecule has 0 aromatic heterocycles. The molecule has 76 valence electrons. The van der Waals surface area contributed by atoms with E-state index in [1.807, 2.05) is 0 Å². The molecule has 0 unspecified atom stereocenters. The highest BCUT2D eigenvalue weighted by molar-refractivity contribution is 7.89. The Morgan fingerprint density at radius 2 is 2.00 bits per heavy atom. The van der Waals surface area contributed by atoms with Gasteiger partial charge in [0.15, 0.2) is 0 Å². The fraction of sp³-hybridized carbons (Fsp3) is 1.00. The third-order valence-electron chi connectivity index (χ3n) is 2.58. The lowest BCUT2D eigenvalue weighted by atomic mass is 10.0. The molecule has 5 heteroatoms. The highest BCUT2D eigenvalue weighted by Gasteiger charge is 2.27. The lowest BCUT2D eigenvalue weighted by Gasteiger charge is -2.26. The van der Waals surface area contributed by atoms with E-state index in [0.29, 0.717) is 11.7 Å². The smallest absolute Gasteiger partial charge is 0.211 e. The second kappa shape index (κ2) is 3.55. The lowest BCUT2D eigenvalue weighted by Crippen LogP contribution is -2.43. The van der Waals surface area contributed by atoms with Crippen LogP contribution in [-0.4, -0.2) is 33.3 Å². The Bertz CT molecular complexity index is 268. The zero-order valence-corrected chi connectivity index (χ0v) is 8.44. The quantitative estimate of drug-likeness (QED) is 0.645. The summed E-state index contributed by atoms with van der Waals surface area (Å²) in [5.74, 6) is 0.881. The van der Waals surface area contributed by atoms with Crippen molar-refractivity contribution in [3.63, 3.8) is 0 Å². The monoisotopic (exact) mass is 204 g/mol. The van der Waals surface area contributed by atoms with Gasteiger partial charge in [0.25, 0.3) is 0 Å². The lowest BCUT2D eigenvalue weighted by molar-refractivity contribution is 0.339. The van der Waals surface area contributed by atoms with E-state index in [9.17, 15) is 8.42 Å². The summed E-state index contributed by atoms with van der Waals surface area (Å²) in [6.45, 7) is 1.97. The van der Waals surface area contributed by atoms with Crippen LogP contribution in [0.1, 0.15) is 19.3 Å². The fourth-order valence-corrected chi connectivity index (χ4v) is 2.89. The van der Waals surface area contributed by atoms with E-state index in [2.05, 4.69) is 10.0 Å². The average molecular weight is 204 g/mol. The molecule has 2 fully saturated rings. The van der Waals surface area contributed by atoms with Crippen LogP contribution >= 0.6 is 0 Å². The van der Waals surface area contributed by atoms with Gasteiger partial charge in [-0.3, -0.25) is 0 Å². The van der Waals surface area contributed by atoms with Crippen LogP contribution in [0, 0.1) is 5.92 Å². The number of sulfonamides is 1. The van der Waals surface area contributed by atoms with E-state index in [0.717, 1.165) is 32.4 Å². The number of hydrogen-bond acceptors (Lipinski definition) is 3. The molecule has 1 aliphatic heterocycles. The Labute approximate surface area is 79.1 Å². The molecule has 2 rings (SSSR count). The van der Waals surface area contributed by atoms with Crippen molar-refractivity contribution in [3.8, 4) is 0 Å². The summed E-state index contributed by atoms with van der Waals surface area (Å²) < 4.78 is 25.5. The molecule has 4 nitrogen and oxygen atoms in total. The molecule has 2 N–H and O–H groups in total. The SMILES string of the molecule is O=S(=O)(CCC1CNC1)NC1CC1. The molecule has 13 heavy (non-hydrogen) atoms. The molecule has 1 saturated heterocycles. The standard InChI is InChI=1S/C8H16N2O2S/c11-13(12,10-8-1-2-8)4-3-7-5-9-6-7/h7-10H,1-6H2. The van der Waals surface area contributed by atoms with Gasteiger partial charge in [0.05, 0.1) is 5.75 Å². The van der Waals surface area contributed by atoms with Crippen LogP contribution in [-0.2, 0) is 10.0 Å². The zero-order valence-electron chi connectivity index (χ0n) is 7.62. The Hall–Kier alpha value is -0.130. The molecule has 0 bridgehead atoms. The van der Waals surface area contributed by atoms with Gasteiger partial charge in [-0.15, -0.1) is 0 Å². The molecule has 0 aromatic rings. The molecule has 2 aliphatic rings. The molecular formula is C8H16N2O2S. The summed E-state index contributed by atoms with van der Waals surface area (Å²) in [6.07, 6.45) is 2.84. The van der Waals surface area contributed by atoms with Crippen LogP contribution in [0.15, 0.2) is 0 Å². The Balaban J connectivity index is 1.71. The number of hydrogen-bond donors (Lipinski definition) is 2. The number of rotatable bonds is 5. The van der Waals surface area contributed by atoms with Gasteiger partial charge >= 0.3 is 0 Å². The summed E-state index contributed by atoms with van der Waals surface area (Å²) in [7, 11) is -2.97. The van der Waals surface area contributed by atoms with E-state index in [4.69, 9.17) is 0 Å². The minimum absolute atomic E-state index is 0.254. The molecular weight excluding hydrogens is 188 g/mol. The van der Waals surface area contributed by atoms with Crippen LogP contribution in [0.5, 0.6) is 0 Å². The van der Waals surface area contributed by atoms with Crippen LogP contribution in [0.4, 0.5) is 0 Å². The van der Waals surface area contributed by atoms with E-state index in [1.165, 1.54) is 0 Å². The van der Waals surface area contributed by atoms with Gasteiger partial charge < -0.3 is 5.32 Å². The number of nitrogens with one attached hydrogen (secondary N) is 2. The Morgan fingerprint density at radius 1 is 1.31 bits per heavy atom. The second-order valence-corrected chi connectivity index (χ2v) is 5.90. The predicted octanol–water partition coefficient (Wildman–Crippen LogP) is -0.322. The Morgan fingerprint density at radius 3 is 2.46 bits per heavy atom. The van der Waals surface area contributed by atoms with Crippen molar-refractivity contribution in [2.75, 3.05) is 18.8 Å². The van der Waals surface area contributed by atoms with Crippen LogP contribution < -0.4 is 10.0 Å². The first-order valence-electron chi connectivity index (χ1n) is 4.86. The normalized spacial score (nSPS) is 24.3. The highest BCUT2D eigenvalue weighted by Crippen LogP contribution is 2.20. The first-order chi connectivity index (χ1) is 6.16. The molecule has 1 heterocycles. The minimum atomic E-state index is -2.97. The first kappa shape index (κ1) is 9.43. The van der Waals surface area contributed by atoms with Gasteiger partial charge in [0.1, 0.15) is 0 Å². The van der Waals surface area contributed by atoms with E-state index in [1.54, 1.807) is 0 Å².